The average molecular weight is 256 g/mol. The van der Waals surface area contributed by atoms with Crippen LogP contribution in [0.2, 0.25) is 0 Å². The lowest BCUT2D eigenvalue weighted by molar-refractivity contribution is 0.0451. The topological polar surface area (TPSA) is 50.4 Å². The highest BCUT2D eigenvalue weighted by Crippen LogP contribution is 2.28. The second kappa shape index (κ2) is 4.72. The fourth-order valence-corrected chi connectivity index (χ4v) is 2.90. The molecule has 1 heterocycles. The minimum atomic E-state index is -0.442. The van der Waals surface area contributed by atoms with Crippen LogP contribution in [-0.2, 0) is 4.74 Å². The molecule has 0 bridgehead atoms. The summed E-state index contributed by atoms with van der Waals surface area (Å²) in [5, 5.41) is 6.58. The molecule has 1 aliphatic rings. The van der Waals surface area contributed by atoms with Gasteiger partial charge >= 0.3 is 6.09 Å². The zero-order valence-corrected chi connectivity index (χ0v) is 12.8. The Hall–Kier alpha value is -0.770. The Morgan fingerprint density at radius 2 is 1.61 bits per heavy atom. The van der Waals surface area contributed by atoms with E-state index in [-0.39, 0.29) is 23.2 Å². The Bertz CT molecular complexity index is 300. The third-order valence-corrected chi connectivity index (χ3v) is 2.91. The quantitative estimate of drug-likeness (QED) is 0.758. The first-order valence-corrected chi connectivity index (χ1v) is 6.67. The van der Waals surface area contributed by atoms with E-state index in [1.807, 2.05) is 20.8 Å². The summed E-state index contributed by atoms with van der Waals surface area (Å²) in [4.78, 5) is 11.8. The van der Waals surface area contributed by atoms with Gasteiger partial charge in [0.05, 0.1) is 0 Å². The minimum Gasteiger partial charge on any atom is -0.444 e. The molecule has 0 saturated carbocycles. The van der Waals surface area contributed by atoms with E-state index in [4.69, 9.17) is 4.74 Å². The number of amides is 1. The molecule has 4 nitrogen and oxygen atoms in total. The van der Waals surface area contributed by atoms with Crippen LogP contribution < -0.4 is 10.6 Å². The van der Waals surface area contributed by atoms with Crippen LogP contribution in [0.5, 0.6) is 0 Å². The molecule has 1 fully saturated rings. The van der Waals surface area contributed by atoms with Gasteiger partial charge in [-0.05, 0) is 61.3 Å². The molecule has 0 spiro atoms. The lowest BCUT2D eigenvalue weighted by Crippen LogP contribution is -2.62. The zero-order valence-electron chi connectivity index (χ0n) is 12.8. The fraction of sp³-hybridized carbons (Fsp3) is 0.929. The number of rotatable bonds is 1. The van der Waals surface area contributed by atoms with Gasteiger partial charge in [-0.2, -0.15) is 0 Å². The number of ether oxygens (including phenoxy) is 1. The monoisotopic (exact) mass is 256 g/mol. The number of carbonyl (C=O) groups is 1. The summed E-state index contributed by atoms with van der Waals surface area (Å²) in [5.41, 5.74) is -0.384. The van der Waals surface area contributed by atoms with E-state index in [2.05, 4.69) is 38.3 Å². The number of nitrogens with one attached hydrogen (secondary N) is 2. The summed E-state index contributed by atoms with van der Waals surface area (Å²) < 4.78 is 5.31. The predicted octanol–water partition coefficient (Wildman–Crippen LogP) is 2.82. The normalized spacial score (nSPS) is 23.5. The van der Waals surface area contributed by atoms with Crippen molar-refractivity contribution >= 4 is 6.09 Å². The molecule has 0 radical (unpaired) electrons. The summed E-state index contributed by atoms with van der Waals surface area (Å²) in [6.07, 6.45) is 1.51. The van der Waals surface area contributed by atoms with Crippen LogP contribution in [0.1, 0.15) is 61.3 Å². The summed E-state index contributed by atoms with van der Waals surface area (Å²) in [5.74, 6) is 0. The van der Waals surface area contributed by atoms with Crippen molar-refractivity contribution in [1.29, 1.82) is 0 Å². The second-order valence-electron chi connectivity index (χ2n) is 7.64. The number of alkyl carbamates (subject to hydrolysis) is 1. The van der Waals surface area contributed by atoms with Crippen molar-refractivity contribution in [1.82, 2.24) is 10.6 Å². The standard InChI is InChI=1S/C14H28N2O2/c1-12(2,3)18-11(17)15-10-8-13(4,5)16-14(6,7)9-10/h10,16H,8-9H2,1-7H3,(H,15,17). The molecule has 0 unspecified atom stereocenters. The van der Waals surface area contributed by atoms with Crippen molar-refractivity contribution in [2.75, 3.05) is 0 Å². The van der Waals surface area contributed by atoms with Crippen molar-refractivity contribution in [3.05, 3.63) is 0 Å². The van der Waals surface area contributed by atoms with Crippen LogP contribution in [0.4, 0.5) is 4.79 Å². The van der Waals surface area contributed by atoms with E-state index in [1.165, 1.54) is 0 Å². The highest BCUT2D eigenvalue weighted by molar-refractivity contribution is 5.68. The molecule has 106 valence electrons. The molecular weight excluding hydrogens is 228 g/mol. The van der Waals surface area contributed by atoms with Gasteiger partial charge in [0.2, 0.25) is 0 Å². The maximum Gasteiger partial charge on any atom is 0.407 e. The highest BCUT2D eigenvalue weighted by atomic mass is 16.6. The number of hydrogen-bond donors (Lipinski definition) is 2. The van der Waals surface area contributed by atoms with Crippen LogP contribution in [-0.4, -0.2) is 28.8 Å². The first kappa shape index (κ1) is 15.3. The molecule has 0 aromatic rings. The maximum atomic E-state index is 11.8. The molecule has 0 aliphatic carbocycles. The van der Waals surface area contributed by atoms with Crippen LogP contribution >= 0.6 is 0 Å². The molecule has 1 saturated heterocycles. The van der Waals surface area contributed by atoms with E-state index in [0.717, 1.165) is 12.8 Å². The molecular formula is C14H28N2O2. The van der Waals surface area contributed by atoms with Crippen LogP contribution in [0.15, 0.2) is 0 Å². The van der Waals surface area contributed by atoms with E-state index >= 15 is 0 Å². The smallest absolute Gasteiger partial charge is 0.407 e. The fourth-order valence-electron chi connectivity index (χ4n) is 2.90. The lowest BCUT2D eigenvalue weighted by Gasteiger charge is -2.46. The van der Waals surface area contributed by atoms with Crippen molar-refractivity contribution in [3.8, 4) is 0 Å². The van der Waals surface area contributed by atoms with E-state index in [0.29, 0.717) is 0 Å². The molecule has 1 amide bonds. The van der Waals surface area contributed by atoms with Crippen LogP contribution in [0.3, 0.4) is 0 Å². The van der Waals surface area contributed by atoms with Gasteiger partial charge in [0.25, 0.3) is 0 Å². The van der Waals surface area contributed by atoms with Gasteiger partial charge in [0.15, 0.2) is 0 Å². The summed E-state index contributed by atoms with van der Waals surface area (Å²) >= 11 is 0. The molecule has 0 aromatic heterocycles. The maximum absolute atomic E-state index is 11.8. The van der Waals surface area contributed by atoms with Crippen LogP contribution in [0.25, 0.3) is 0 Å². The molecule has 0 aromatic carbocycles. The van der Waals surface area contributed by atoms with E-state index in [1.54, 1.807) is 0 Å². The number of hydrogen-bond acceptors (Lipinski definition) is 3. The minimum absolute atomic E-state index is 0.0292. The Kier molecular flexibility index (Phi) is 4.01. The molecule has 4 heteroatoms. The zero-order chi connectivity index (χ0) is 14.2. The van der Waals surface area contributed by atoms with Gasteiger partial charge in [-0.3, -0.25) is 0 Å². The second-order valence-corrected chi connectivity index (χ2v) is 7.64. The molecule has 18 heavy (non-hydrogen) atoms. The third-order valence-electron chi connectivity index (χ3n) is 2.91. The molecule has 1 rings (SSSR count). The van der Waals surface area contributed by atoms with E-state index < -0.39 is 5.60 Å². The lowest BCUT2D eigenvalue weighted by atomic mass is 9.80. The molecule has 1 aliphatic heterocycles. The van der Waals surface area contributed by atoms with Gasteiger partial charge in [-0.15, -0.1) is 0 Å². The van der Waals surface area contributed by atoms with Crippen molar-refractivity contribution in [3.63, 3.8) is 0 Å². The van der Waals surface area contributed by atoms with E-state index in [9.17, 15) is 4.79 Å². The Morgan fingerprint density at radius 3 is 2.00 bits per heavy atom. The Morgan fingerprint density at radius 1 is 1.17 bits per heavy atom. The first-order valence-electron chi connectivity index (χ1n) is 6.67. The SMILES string of the molecule is CC1(C)CC(NC(=O)OC(C)(C)C)CC(C)(C)N1. The molecule has 0 atom stereocenters. The van der Waals surface area contributed by atoms with Gasteiger partial charge in [-0.25, -0.2) is 4.79 Å². The Balaban J connectivity index is 2.59. The summed E-state index contributed by atoms with van der Waals surface area (Å²) in [6.45, 7) is 14.3. The highest BCUT2D eigenvalue weighted by Gasteiger charge is 2.38. The van der Waals surface area contributed by atoms with Gasteiger partial charge in [-0.1, -0.05) is 0 Å². The average Bonchev–Trinajstić information content (AvgIpc) is 1.90. The summed E-state index contributed by atoms with van der Waals surface area (Å²) in [6, 6.07) is 0.158. The molecule has 2 N–H and O–H groups in total. The first-order chi connectivity index (χ1) is 7.89. The summed E-state index contributed by atoms with van der Waals surface area (Å²) in [7, 11) is 0. The van der Waals surface area contributed by atoms with Crippen LogP contribution in [0, 0.1) is 0 Å². The van der Waals surface area contributed by atoms with Crippen molar-refractivity contribution < 1.29 is 9.53 Å². The van der Waals surface area contributed by atoms with Gasteiger partial charge in [0, 0.05) is 17.1 Å². The number of carbonyl (C=O) groups excluding carboxylic acids is 1. The van der Waals surface area contributed by atoms with Gasteiger partial charge in [0.1, 0.15) is 5.60 Å². The van der Waals surface area contributed by atoms with Crippen molar-refractivity contribution in [2.24, 2.45) is 0 Å². The third kappa shape index (κ3) is 5.25. The van der Waals surface area contributed by atoms with Crippen molar-refractivity contribution in [2.45, 2.75) is 84.0 Å². The Labute approximate surface area is 111 Å². The number of piperidine rings is 1. The predicted molar refractivity (Wildman–Crippen MR) is 73.7 cm³/mol. The van der Waals surface area contributed by atoms with Gasteiger partial charge < -0.3 is 15.4 Å². The largest absolute Gasteiger partial charge is 0.444 e.